The SMILES string of the molecule is Nc1c(Oc2cc(F)ccc2Br)ccc2ncccc12. The van der Waals surface area contributed by atoms with Gasteiger partial charge in [0.15, 0.2) is 5.75 Å². The summed E-state index contributed by atoms with van der Waals surface area (Å²) >= 11 is 3.32. The summed E-state index contributed by atoms with van der Waals surface area (Å²) in [6, 6.07) is 11.5. The molecule has 0 aliphatic carbocycles. The molecule has 0 radical (unpaired) electrons. The van der Waals surface area contributed by atoms with Crippen LogP contribution in [0, 0.1) is 5.82 Å². The van der Waals surface area contributed by atoms with Gasteiger partial charge in [0.05, 0.1) is 15.7 Å². The highest BCUT2D eigenvalue weighted by Crippen LogP contribution is 2.36. The fourth-order valence-electron chi connectivity index (χ4n) is 1.92. The predicted octanol–water partition coefficient (Wildman–Crippen LogP) is 4.51. The summed E-state index contributed by atoms with van der Waals surface area (Å²) in [5.41, 5.74) is 7.35. The molecule has 2 N–H and O–H groups in total. The highest BCUT2D eigenvalue weighted by Gasteiger charge is 2.10. The lowest BCUT2D eigenvalue weighted by atomic mass is 10.1. The van der Waals surface area contributed by atoms with Crippen LogP contribution in [0.15, 0.2) is 53.1 Å². The van der Waals surface area contributed by atoms with Gasteiger partial charge in [-0.2, -0.15) is 0 Å². The van der Waals surface area contributed by atoms with Gasteiger partial charge in [-0.25, -0.2) is 4.39 Å². The van der Waals surface area contributed by atoms with E-state index < -0.39 is 0 Å². The van der Waals surface area contributed by atoms with E-state index in [1.165, 1.54) is 12.1 Å². The highest BCUT2D eigenvalue weighted by molar-refractivity contribution is 9.10. The number of pyridine rings is 1. The molecule has 0 spiro atoms. The Morgan fingerprint density at radius 3 is 2.80 bits per heavy atom. The van der Waals surface area contributed by atoms with Crippen molar-refractivity contribution in [3.63, 3.8) is 0 Å². The summed E-state index contributed by atoms with van der Waals surface area (Å²) in [6.07, 6.45) is 1.70. The molecule has 2 aromatic carbocycles. The molecule has 100 valence electrons. The van der Waals surface area contributed by atoms with Crippen LogP contribution in [0.25, 0.3) is 10.9 Å². The van der Waals surface area contributed by atoms with Gasteiger partial charge in [0.1, 0.15) is 11.6 Å². The van der Waals surface area contributed by atoms with Gasteiger partial charge in [0.2, 0.25) is 0 Å². The molecule has 0 amide bonds. The lowest BCUT2D eigenvalue weighted by Crippen LogP contribution is -1.95. The first kappa shape index (κ1) is 12.9. The van der Waals surface area contributed by atoms with Gasteiger partial charge in [-0.05, 0) is 52.3 Å². The molecule has 0 atom stereocenters. The summed E-state index contributed by atoms with van der Waals surface area (Å²) < 4.78 is 19.6. The summed E-state index contributed by atoms with van der Waals surface area (Å²) in [4.78, 5) is 4.22. The minimum atomic E-state index is -0.371. The van der Waals surface area contributed by atoms with Crippen LogP contribution < -0.4 is 10.5 Å². The van der Waals surface area contributed by atoms with E-state index in [0.29, 0.717) is 21.7 Å². The maximum absolute atomic E-state index is 13.3. The van der Waals surface area contributed by atoms with Crippen LogP contribution >= 0.6 is 15.9 Å². The molecule has 3 rings (SSSR count). The lowest BCUT2D eigenvalue weighted by Gasteiger charge is -2.11. The maximum Gasteiger partial charge on any atom is 0.151 e. The number of hydrogen-bond acceptors (Lipinski definition) is 3. The Morgan fingerprint density at radius 1 is 1.10 bits per heavy atom. The lowest BCUT2D eigenvalue weighted by molar-refractivity contribution is 0.476. The van der Waals surface area contributed by atoms with Crippen molar-refractivity contribution in [3.05, 3.63) is 59.0 Å². The first-order valence-corrected chi connectivity index (χ1v) is 6.70. The molecule has 1 aromatic heterocycles. The Labute approximate surface area is 123 Å². The summed E-state index contributed by atoms with van der Waals surface area (Å²) in [5.74, 6) is 0.473. The molecule has 20 heavy (non-hydrogen) atoms. The summed E-state index contributed by atoms with van der Waals surface area (Å²) in [5, 5.41) is 0.803. The third kappa shape index (κ3) is 2.32. The Hall–Kier alpha value is -2.14. The molecular weight excluding hydrogens is 323 g/mol. The molecule has 0 saturated carbocycles. The van der Waals surface area contributed by atoms with Crippen LogP contribution in [-0.4, -0.2) is 4.98 Å². The number of halogens is 2. The largest absolute Gasteiger partial charge is 0.454 e. The first-order valence-electron chi connectivity index (χ1n) is 5.91. The number of nitrogens with two attached hydrogens (primary N) is 1. The van der Waals surface area contributed by atoms with Crippen molar-refractivity contribution in [3.8, 4) is 11.5 Å². The van der Waals surface area contributed by atoms with E-state index in [0.717, 1.165) is 10.9 Å². The number of aromatic nitrogens is 1. The van der Waals surface area contributed by atoms with Gasteiger partial charge in [-0.1, -0.05) is 0 Å². The highest BCUT2D eigenvalue weighted by atomic mass is 79.9. The molecular formula is C15H10BrFN2O. The van der Waals surface area contributed by atoms with E-state index in [1.807, 2.05) is 12.1 Å². The topological polar surface area (TPSA) is 48.1 Å². The van der Waals surface area contributed by atoms with Crippen molar-refractivity contribution >= 4 is 32.5 Å². The molecule has 3 aromatic rings. The van der Waals surface area contributed by atoms with Crippen LogP contribution in [0.4, 0.5) is 10.1 Å². The van der Waals surface area contributed by atoms with Crippen molar-refractivity contribution in [2.45, 2.75) is 0 Å². The average molecular weight is 333 g/mol. The van der Waals surface area contributed by atoms with Gasteiger partial charge in [0.25, 0.3) is 0 Å². The molecule has 1 heterocycles. The van der Waals surface area contributed by atoms with E-state index in [2.05, 4.69) is 20.9 Å². The van der Waals surface area contributed by atoms with Crippen LogP contribution in [0.5, 0.6) is 11.5 Å². The van der Waals surface area contributed by atoms with Gasteiger partial charge in [-0.3, -0.25) is 4.98 Å². The third-order valence-electron chi connectivity index (χ3n) is 2.90. The van der Waals surface area contributed by atoms with Crippen molar-refractivity contribution in [2.24, 2.45) is 0 Å². The predicted molar refractivity (Wildman–Crippen MR) is 80.3 cm³/mol. The number of benzene rings is 2. The Bertz CT molecular complexity index is 792. The first-order chi connectivity index (χ1) is 9.65. The normalized spacial score (nSPS) is 10.7. The van der Waals surface area contributed by atoms with E-state index in [1.54, 1.807) is 24.4 Å². The summed E-state index contributed by atoms with van der Waals surface area (Å²) in [6.45, 7) is 0. The van der Waals surface area contributed by atoms with Crippen molar-refractivity contribution in [1.82, 2.24) is 4.98 Å². The zero-order valence-electron chi connectivity index (χ0n) is 10.3. The zero-order chi connectivity index (χ0) is 14.1. The fraction of sp³-hybridized carbons (Fsp3) is 0. The molecule has 0 aliphatic heterocycles. The number of nitrogen functional groups attached to an aromatic ring is 1. The Morgan fingerprint density at radius 2 is 1.95 bits per heavy atom. The minimum absolute atomic E-state index is 0.371. The maximum atomic E-state index is 13.3. The second-order valence-corrected chi connectivity index (χ2v) is 5.08. The van der Waals surface area contributed by atoms with Gasteiger partial charge in [0, 0.05) is 17.6 Å². The number of rotatable bonds is 2. The smallest absolute Gasteiger partial charge is 0.151 e. The van der Waals surface area contributed by atoms with E-state index in [4.69, 9.17) is 10.5 Å². The fourth-order valence-corrected chi connectivity index (χ4v) is 2.25. The Balaban J connectivity index is 2.07. The number of ether oxygens (including phenoxy) is 1. The average Bonchev–Trinajstić information content (AvgIpc) is 2.46. The van der Waals surface area contributed by atoms with Crippen LogP contribution in [-0.2, 0) is 0 Å². The van der Waals surface area contributed by atoms with Gasteiger partial charge < -0.3 is 10.5 Å². The number of fused-ring (bicyclic) bond motifs is 1. The Kier molecular flexibility index (Phi) is 3.28. The van der Waals surface area contributed by atoms with E-state index >= 15 is 0 Å². The van der Waals surface area contributed by atoms with E-state index in [9.17, 15) is 4.39 Å². The van der Waals surface area contributed by atoms with Gasteiger partial charge in [-0.15, -0.1) is 0 Å². The van der Waals surface area contributed by atoms with E-state index in [-0.39, 0.29) is 5.82 Å². The standard InChI is InChI=1S/C15H10BrFN2O/c16-11-4-3-9(17)8-14(11)20-13-6-5-12-10(15(13)18)2-1-7-19-12/h1-8H,18H2. The molecule has 0 aliphatic rings. The molecule has 5 heteroatoms. The molecule has 0 bridgehead atoms. The summed E-state index contributed by atoms with van der Waals surface area (Å²) in [7, 11) is 0. The van der Waals surface area contributed by atoms with Crippen LogP contribution in [0.1, 0.15) is 0 Å². The molecule has 0 unspecified atom stereocenters. The molecule has 3 nitrogen and oxygen atoms in total. The van der Waals surface area contributed by atoms with Crippen molar-refractivity contribution < 1.29 is 9.13 Å². The van der Waals surface area contributed by atoms with Crippen LogP contribution in [0.2, 0.25) is 0 Å². The second kappa shape index (κ2) is 5.09. The molecule has 0 fully saturated rings. The molecule has 0 saturated heterocycles. The quantitative estimate of drug-likeness (QED) is 0.702. The monoisotopic (exact) mass is 332 g/mol. The van der Waals surface area contributed by atoms with Crippen LogP contribution in [0.3, 0.4) is 0 Å². The second-order valence-electron chi connectivity index (χ2n) is 4.22. The third-order valence-corrected chi connectivity index (χ3v) is 3.56. The number of hydrogen-bond donors (Lipinski definition) is 1. The minimum Gasteiger partial charge on any atom is -0.454 e. The number of anilines is 1. The van der Waals surface area contributed by atoms with Crippen molar-refractivity contribution in [2.75, 3.05) is 5.73 Å². The zero-order valence-corrected chi connectivity index (χ0v) is 11.9. The van der Waals surface area contributed by atoms with Gasteiger partial charge >= 0.3 is 0 Å². The number of nitrogens with zero attached hydrogens (tertiary/aromatic N) is 1. The van der Waals surface area contributed by atoms with Crippen molar-refractivity contribution in [1.29, 1.82) is 0 Å².